The standard InChI is InChI=1S/C34H38F6N2O4P2S2/c1-3-25-32(4-2,42(49(43,44)33(35,36)37)50(45,46)34(38,39)40)41-47(28-17-9-5-10-18-28,29-19-11-6-12-20-29)26-27-48(41,30-21-13-7-14-22-30)31-23-15-8-16-24-31/h5-24,47-48H,3-4,25-27H2,1-2H3. The molecule has 272 valence electrons. The van der Waals surface area contributed by atoms with E-state index in [1.807, 2.05) is 0 Å². The fourth-order valence-corrected chi connectivity index (χ4v) is 27.7. The second-order valence-electron chi connectivity index (χ2n) is 12.2. The summed E-state index contributed by atoms with van der Waals surface area (Å²) in [7, 11) is -22.3. The average Bonchev–Trinajstić information content (AvgIpc) is 3.47. The third-order valence-corrected chi connectivity index (χ3v) is 25.8. The molecule has 0 aromatic heterocycles. The fourth-order valence-electron chi connectivity index (χ4n) is 7.82. The van der Waals surface area contributed by atoms with E-state index in [0.29, 0.717) is 21.2 Å². The van der Waals surface area contributed by atoms with E-state index in [0.717, 1.165) is 0 Å². The Kier molecular flexibility index (Phi) is 10.7. The molecule has 1 heterocycles. The molecule has 4 aromatic carbocycles. The van der Waals surface area contributed by atoms with Gasteiger partial charge < -0.3 is 0 Å². The van der Waals surface area contributed by atoms with Crippen LogP contribution in [0.1, 0.15) is 33.1 Å². The number of hydrogen-bond acceptors (Lipinski definition) is 5. The van der Waals surface area contributed by atoms with Gasteiger partial charge in [0, 0.05) is 0 Å². The van der Waals surface area contributed by atoms with Gasteiger partial charge in [-0.05, 0) is 0 Å². The Morgan fingerprint density at radius 2 is 0.840 bits per heavy atom. The predicted octanol–water partition coefficient (Wildman–Crippen LogP) is 6.84. The first-order valence-electron chi connectivity index (χ1n) is 15.9. The summed E-state index contributed by atoms with van der Waals surface area (Å²) in [5, 5.41) is 2.37. The molecule has 0 N–H and O–H groups in total. The van der Waals surface area contributed by atoms with Gasteiger partial charge >= 0.3 is 291 Å². The summed E-state index contributed by atoms with van der Waals surface area (Å²) in [4.78, 5) is 0. The Labute approximate surface area is 290 Å². The number of nitrogens with zero attached hydrogens (tertiary/aromatic N) is 2. The summed E-state index contributed by atoms with van der Waals surface area (Å²) < 4.78 is 144. The van der Waals surface area contributed by atoms with Crippen molar-refractivity contribution in [3.63, 3.8) is 0 Å². The second kappa shape index (κ2) is 13.9. The van der Waals surface area contributed by atoms with Crippen LogP contribution in [0.15, 0.2) is 121 Å². The van der Waals surface area contributed by atoms with E-state index in [4.69, 9.17) is 0 Å². The zero-order valence-electron chi connectivity index (χ0n) is 27.2. The maximum atomic E-state index is 14.8. The summed E-state index contributed by atoms with van der Waals surface area (Å²) >= 11 is 0. The van der Waals surface area contributed by atoms with Gasteiger partial charge in [-0.25, -0.2) is 0 Å². The summed E-state index contributed by atoms with van der Waals surface area (Å²) in [6.07, 6.45) is -1.03. The third kappa shape index (κ3) is 5.99. The van der Waals surface area contributed by atoms with Gasteiger partial charge in [0.25, 0.3) is 0 Å². The molecular weight excluding hydrogens is 740 g/mol. The number of rotatable bonds is 11. The summed E-state index contributed by atoms with van der Waals surface area (Å²) in [6, 6.07) is 34.6. The van der Waals surface area contributed by atoms with Crippen LogP contribution in [0.4, 0.5) is 26.3 Å². The minimum atomic E-state index is -7.21. The van der Waals surface area contributed by atoms with E-state index in [-0.39, 0.29) is 18.7 Å². The molecule has 50 heavy (non-hydrogen) atoms. The molecule has 5 rings (SSSR count). The Balaban J connectivity index is 2.13. The van der Waals surface area contributed by atoms with E-state index in [1.165, 1.54) is 13.8 Å². The van der Waals surface area contributed by atoms with Crippen LogP contribution < -0.4 is 21.2 Å². The monoisotopic (exact) mass is 778 g/mol. The van der Waals surface area contributed by atoms with Gasteiger partial charge in [0.05, 0.1) is 0 Å². The van der Waals surface area contributed by atoms with Crippen molar-refractivity contribution in [3.05, 3.63) is 121 Å². The summed E-state index contributed by atoms with van der Waals surface area (Å²) in [5.41, 5.74) is -15.7. The number of hydrogen-bond donors (Lipinski definition) is 0. The topological polar surface area (TPSA) is 74.8 Å². The molecule has 1 aliphatic rings. The van der Waals surface area contributed by atoms with Crippen LogP contribution in [0, 0.1) is 0 Å². The second-order valence-corrected chi connectivity index (χ2v) is 24.1. The summed E-state index contributed by atoms with van der Waals surface area (Å²) in [6.45, 7) is 2.75. The third-order valence-electron chi connectivity index (χ3n) is 9.61. The van der Waals surface area contributed by atoms with Gasteiger partial charge in [0.1, 0.15) is 0 Å². The molecule has 0 bridgehead atoms. The molecule has 1 aliphatic heterocycles. The van der Waals surface area contributed by atoms with Crippen LogP contribution in [-0.4, -0.2) is 54.0 Å². The van der Waals surface area contributed by atoms with Crippen molar-refractivity contribution in [2.45, 2.75) is 49.8 Å². The zero-order valence-corrected chi connectivity index (χ0v) is 30.8. The van der Waals surface area contributed by atoms with Crippen LogP contribution in [0.2, 0.25) is 0 Å². The first-order valence-corrected chi connectivity index (χ1v) is 23.1. The van der Waals surface area contributed by atoms with Gasteiger partial charge in [-0.3, -0.25) is 0 Å². The molecule has 0 amide bonds. The fraction of sp³-hybridized carbons (Fsp3) is 0.294. The molecule has 16 heteroatoms. The van der Waals surface area contributed by atoms with Crippen molar-refractivity contribution in [2.75, 3.05) is 12.3 Å². The van der Waals surface area contributed by atoms with Crippen molar-refractivity contribution >= 4 is 56.1 Å². The van der Waals surface area contributed by atoms with Crippen LogP contribution in [0.25, 0.3) is 0 Å². The van der Waals surface area contributed by atoms with Gasteiger partial charge in [-0.2, -0.15) is 0 Å². The molecule has 6 nitrogen and oxygen atoms in total. The SMILES string of the molecule is CCCC(CC)(N1[PH](c2ccccc2)(c2ccccc2)CC[PH]1(c1ccccc1)c1ccccc1)N(S(=O)(=O)C(F)(F)F)S(=O)(=O)C(F)(F)F. The predicted molar refractivity (Wildman–Crippen MR) is 192 cm³/mol. The molecule has 0 radical (unpaired) electrons. The van der Waals surface area contributed by atoms with Gasteiger partial charge in [0.15, 0.2) is 0 Å². The Hall–Kier alpha value is -2.86. The van der Waals surface area contributed by atoms with E-state index in [9.17, 15) is 43.2 Å². The molecule has 0 saturated carbocycles. The van der Waals surface area contributed by atoms with E-state index >= 15 is 0 Å². The first kappa shape index (κ1) is 38.4. The zero-order chi connectivity index (χ0) is 36.6. The Morgan fingerprint density at radius 1 is 0.560 bits per heavy atom. The number of sulfonamides is 2. The van der Waals surface area contributed by atoms with Crippen molar-refractivity contribution in [2.24, 2.45) is 0 Å². The van der Waals surface area contributed by atoms with Gasteiger partial charge in [0.2, 0.25) is 0 Å². The van der Waals surface area contributed by atoms with Crippen LogP contribution in [-0.2, 0) is 20.0 Å². The molecule has 1 atom stereocenters. The molecule has 4 aromatic rings. The van der Waals surface area contributed by atoms with Gasteiger partial charge in [-0.1, -0.05) is 0 Å². The van der Waals surface area contributed by atoms with E-state index < -0.39 is 68.1 Å². The molecule has 0 spiro atoms. The Morgan fingerprint density at radius 3 is 1.06 bits per heavy atom. The van der Waals surface area contributed by atoms with Crippen LogP contribution in [0.5, 0.6) is 0 Å². The van der Waals surface area contributed by atoms with E-state index in [1.54, 1.807) is 126 Å². The summed E-state index contributed by atoms with van der Waals surface area (Å²) in [5.74, 6) is 0. The van der Waals surface area contributed by atoms with Crippen molar-refractivity contribution in [1.29, 1.82) is 0 Å². The van der Waals surface area contributed by atoms with Crippen LogP contribution in [0.3, 0.4) is 0 Å². The molecule has 1 unspecified atom stereocenters. The number of halogens is 6. The number of benzene rings is 4. The maximum absolute atomic E-state index is 14.8. The van der Waals surface area contributed by atoms with Crippen molar-refractivity contribution in [3.8, 4) is 0 Å². The number of alkyl halides is 6. The first-order chi connectivity index (χ1) is 23.5. The molecule has 0 aliphatic carbocycles. The van der Waals surface area contributed by atoms with Crippen molar-refractivity contribution in [1.82, 2.24) is 8.15 Å². The molecule has 1 fully saturated rings. The average molecular weight is 779 g/mol. The van der Waals surface area contributed by atoms with Crippen molar-refractivity contribution < 1.29 is 43.2 Å². The Bertz CT molecular complexity index is 1780. The molecular formula is C34H38F6N2O4P2S2. The normalized spacial score (nSPS) is 19.5. The van der Waals surface area contributed by atoms with Crippen LogP contribution >= 0.6 is 14.8 Å². The molecule has 1 saturated heterocycles. The minimum absolute atomic E-state index is 0.149. The van der Waals surface area contributed by atoms with E-state index in [2.05, 4.69) is 0 Å². The van der Waals surface area contributed by atoms with Gasteiger partial charge in [-0.15, -0.1) is 0 Å². The quantitative estimate of drug-likeness (QED) is 0.123.